The second-order valence-electron chi connectivity index (χ2n) is 6.09. The quantitative estimate of drug-likeness (QED) is 0.921. The zero-order valence-electron chi connectivity index (χ0n) is 12.4. The van der Waals surface area contributed by atoms with E-state index in [-0.39, 0.29) is 18.1 Å². The highest BCUT2D eigenvalue weighted by atomic mass is 16.5. The van der Waals surface area contributed by atoms with Gasteiger partial charge in [-0.1, -0.05) is 43.2 Å². The van der Waals surface area contributed by atoms with Crippen molar-refractivity contribution in [1.82, 2.24) is 4.90 Å². The third kappa shape index (κ3) is 3.27. The summed E-state index contributed by atoms with van der Waals surface area (Å²) in [6.07, 6.45) is 5.34. The highest BCUT2D eigenvalue weighted by Crippen LogP contribution is 2.28. The molecule has 0 aromatic heterocycles. The lowest BCUT2D eigenvalue weighted by atomic mass is 9.89. The summed E-state index contributed by atoms with van der Waals surface area (Å²) in [6, 6.07) is 9.78. The number of nitrogens with two attached hydrogens (primary N) is 1. The van der Waals surface area contributed by atoms with Crippen LogP contribution >= 0.6 is 0 Å². The number of fused-ring (bicyclic) bond motifs is 1. The smallest absolute Gasteiger partial charge is 0.240 e. The molecule has 0 radical (unpaired) electrons. The van der Waals surface area contributed by atoms with Crippen LogP contribution in [0.2, 0.25) is 0 Å². The normalized spacial score (nSPS) is 27.0. The van der Waals surface area contributed by atoms with Crippen molar-refractivity contribution in [2.75, 3.05) is 13.2 Å². The van der Waals surface area contributed by atoms with Crippen LogP contribution in [-0.4, -0.2) is 42.1 Å². The summed E-state index contributed by atoms with van der Waals surface area (Å²) < 4.78 is 5.83. The highest BCUT2D eigenvalue weighted by molar-refractivity contribution is 5.82. The average molecular weight is 288 g/mol. The summed E-state index contributed by atoms with van der Waals surface area (Å²) in [7, 11) is 0. The molecule has 3 atom stereocenters. The first-order valence-electron chi connectivity index (χ1n) is 7.97. The van der Waals surface area contributed by atoms with Gasteiger partial charge in [-0.15, -0.1) is 0 Å². The summed E-state index contributed by atoms with van der Waals surface area (Å²) in [5.74, 6) is 0.0825. The van der Waals surface area contributed by atoms with Gasteiger partial charge in [0.1, 0.15) is 0 Å². The van der Waals surface area contributed by atoms with E-state index in [1.807, 2.05) is 35.2 Å². The summed E-state index contributed by atoms with van der Waals surface area (Å²) in [6.45, 7) is 1.33. The third-order valence-corrected chi connectivity index (χ3v) is 4.63. The Morgan fingerprint density at radius 3 is 2.86 bits per heavy atom. The van der Waals surface area contributed by atoms with Crippen molar-refractivity contribution >= 4 is 5.91 Å². The number of benzene rings is 1. The molecular weight excluding hydrogens is 264 g/mol. The predicted octanol–water partition coefficient (Wildman–Crippen LogP) is 1.73. The molecule has 1 amide bonds. The molecule has 2 fully saturated rings. The van der Waals surface area contributed by atoms with Crippen molar-refractivity contribution in [2.24, 2.45) is 5.73 Å². The molecule has 4 heteroatoms. The molecule has 0 unspecified atom stereocenters. The minimum absolute atomic E-state index is 0.0825. The molecule has 4 nitrogen and oxygen atoms in total. The van der Waals surface area contributed by atoms with Crippen molar-refractivity contribution in [3.63, 3.8) is 0 Å². The number of hydrogen-bond acceptors (Lipinski definition) is 3. The van der Waals surface area contributed by atoms with Crippen LogP contribution in [0.3, 0.4) is 0 Å². The summed E-state index contributed by atoms with van der Waals surface area (Å²) in [5.41, 5.74) is 7.29. The number of carbonyl (C=O) groups excluding carboxylic acids is 1. The van der Waals surface area contributed by atoms with E-state index in [0.717, 1.165) is 18.4 Å². The second kappa shape index (κ2) is 6.58. The van der Waals surface area contributed by atoms with Crippen LogP contribution in [0.4, 0.5) is 0 Å². The Bertz CT molecular complexity index is 475. The van der Waals surface area contributed by atoms with Gasteiger partial charge >= 0.3 is 0 Å². The fourth-order valence-corrected chi connectivity index (χ4v) is 3.54. The molecule has 0 bridgehead atoms. The first-order valence-corrected chi connectivity index (χ1v) is 7.97. The summed E-state index contributed by atoms with van der Waals surface area (Å²) in [5, 5.41) is 0. The van der Waals surface area contributed by atoms with E-state index in [9.17, 15) is 4.79 Å². The number of ether oxygens (including phenoxy) is 1. The van der Waals surface area contributed by atoms with Crippen LogP contribution in [0.15, 0.2) is 30.3 Å². The van der Waals surface area contributed by atoms with E-state index >= 15 is 0 Å². The molecule has 2 N–H and O–H groups in total. The molecule has 1 aromatic carbocycles. The topological polar surface area (TPSA) is 55.6 Å². The Morgan fingerprint density at radius 2 is 2.05 bits per heavy atom. The van der Waals surface area contributed by atoms with Crippen molar-refractivity contribution in [3.05, 3.63) is 35.9 Å². The molecule has 21 heavy (non-hydrogen) atoms. The minimum atomic E-state index is -0.451. The maximum atomic E-state index is 12.7. The van der Waals surface area contributed by atoms with E-state index in [1.165, 1.54) is 12.8 Å². The lowest BCUT2D eigenvalue weighted by molar-refractivity contribution is -0.150. The zero-order chi connectivity index (χ0) is 14.7. The predicted molar refractivity (Wildman–Crippen MR) is 81.8 cm³/mol. The van der Waals surface area contributed by atoms with Crippen LogP contribution in [0, 0.1) is 0 Å². The van der Waals surface area contributed by atoms with Gasteiger partial charge in [0.2, 0.25) is 5.91 Å². The van der Waals surface area contributed by atoms with Crippen molar-refractivity contribution in [1.29, 1.82) is 0 Å². The Hall–Kier alpha value is -1.39. The van der Waals surface area contributed by atoms with Gasteiger partial charge in [-0.05, 0) is 24.8 Å². The van der Waals surface area contributed by atoms with E-state index in [1.54, 1.807) is 0 Å². The third-order valence-electron chi connectivity index (χ3n) is 4.63. The van der Waals surface area contributed by atoms with E-state index in [4.69, 9.17) is 10.5 Å². The van der Waals surface area contributed by atoms with Crippen LogP contribution < -0.4 is 5.73 Å². The lowest BCUT2D eigenvalue weighted by Gasteiger charge is -2.44. The summed E-state index contributed by atoms with van der Waals surface area (Å²) >= 11 is 0. The van der Waals surface area contributed by atoms with Crippen LogP contribution in [0.25, 0.3) is 0 Å². The average Bonchev–Trinajstić information content (AvgIpc) is 2.54. The fraction of sp³-hybridized carbons (Fsp3) is 0.588. The Kier molecular flexibility index (Phi) is 4.56. The zero-order valence-corrected chi connectivity index (χ0v) is 12.4. The molecule has 3 rings (SSSR count). The molecule has 2 aliphatic rings. The maximum Gasteiger partial charge on any atom is 0.240 e. The first-order chi connectivity index (χ1) is 10.3. The van der Waals surface area contributed by atoms with E-state index in [0.29, 0.717) is 19.6 Å². The molecule has 1 aliphatic carbocycles. The number of morpholine rings is 1. The minimum Gasteiger partial charge on any atom is -0.374 e. The molecule has 1 saturated heterocycles. The Balaban J connectivity index is 1.65. The highest BCUT2D eigenvalue weighted by Gasteiger charge is 2.37. The fourth-order valence-electron chi connectivity index (χ4n) is 3.54. The molecule has 114 valence electrons. The molecule has 1 saturated carbocycles. The lowest BCUT2D eigenvalue weighted by Crippen LogP contribution is -2.58. The van der Waals surface area contributed by atoms with Gasteiger partial charge in [-0.25, -0.2) is 0 Å². The van der Waals surface area contributed by atoms with E-state index < -0.39 is 6.04 Å². The van der Waals surface area contributed by atoms with Crippen molar-refractivity contribution in [3.8, 4) is 0 Å². The summed E-state index contributed by atoms with van der Waals surface area (Å²) in [4.78, 5) is 14.7. The van der Waals surface area contributed by atoms with Crippen molar-refractivity contribution in [2.45, 2.75) is 50.3 Å². The molecule has 0 spiro atoms. The van der Waals surface area contributed by atoms with Gasteiger partial charge in [-0.3, -0.25) is 4.79 Å². The standard InChI is InChI=1S/C17H24N2O2/c18-14(12-13-6-2-1-3-7-13)17(20)19-10-11-21-16-9-5-4-8-15(16)19/h1-3,6-7,14-16H,4-5,8-12,18H2/t14-,15+,16-/m0/s1. The Labute approximate surface area is 126 Å². The Morgan fingerprint density at radius 1 is 1.29 bits per heavy atom. The van der Waals surface area contributed by atoms with E-state index in [2.05, 4.69) is 0 Å². The molecule has 1 aromatic rings. The van der Waals surface area contributed by atoms with Crippen molar-refractivity contribution < 1.29 is 9.53 Å². The molecule has 1 aliphatic heterocycles. The SMILES string of the molecule is N[C@@H](Cc1ccccc1)C(=O)N1CCO[C@H]2CCCC[C@H]21. The maximum absolute atomic E-state index is 12.7. The first kappa shape index (κ1) is 14.5. The van der Waals surface area contributed by atoms with Gasteiger partial charge in [0, 0.05) is 6.54 Å². The van der Waals surface area contributed by atoms with Crippen LogP contribution in [-0.2, 0) is 16.0 Å². The number of amides is 1. The number of rotatable bonds is 3. The van der Waals surface area contributed by atoms with Gasteiger partial charge in [0.05, 0.1) is 24.8 Å². The van der Waals surface area contributed by atoms with Gasteiger partial charge in [0.15, 0.2) is 0 Å². The molecule has 1 heterocycles. The number of carbonyl (C=O) groups is 1. The monoisotopic (exact) mass is 288 g/mol. The van der Waals surface area contributed by atoms with Crippen LogP contribution in [0.5, 0.6) is 0 Å². The number of hydrogen-bond donors (Lipinski definition) is 1. The second-order valence-corrected chi connectivity index (χ2v) is 6.09. The van der Waals surface area contributed by atoms with Gasteiger partial charge < -0.3 is 15.4 Å². The van der Waals surface area contributed by atoms with Crippen LogP contribution in [0.1, 0.15) is 31.2 Å². The van der Waals surface area contributed by atoms with Gasteiger partial charge in [0.25, 0.3) is 0 Å². The number of nitrogens with zero attached hydrogens (tertiary/aromatic N) is 1. The largest absolute Gasteiger partial charge is 0.374 e. The van der Waals surface area contributed by atoms with Gasteiger partial charge in [-0.2, -0.15) is 0 Å². The molecular formula is C17H24N2O2.